The van der Waals surface area contributed by atoms with E-state index in [1.807, 2.05) is 19.1 Å². The number of aliphatic hydroxyl groups is 1. The summed E-state index contributed by atoms with van der Waals surface area (Å²) in [6.07, 6.45) is 4.07. The van der Waals surface area contributed by atoms with Crippen LogP contribution in [0.4, 0.5) is 4.39 Å². The van der Waals surface area contributed by atoms with Crippen molar-refractivity contribution in [3.8, 4) is 11.4 Å². The highest BCUT2D eigenvalue weighted by molar-refractivity contribution is 5.88. The molecular formula is C29H37FN2O4. The van der Waals surface area contributed by atoms with Crippen molar-refractivity contribution in [2.24, 2.45) is 0 Å². The van der Waals surface area contributed by atoms with Crippen LogP contribution in [0.5, 0.6) is 0 Å². The number of hydrogen-bond acceptors (Lipinski definition) is 5. The van der Waals surface area contributed by atoms with Gasteiger partial charge in [0.1, 0.15) is 5.82 Å². The molecule has 0 radical (unpaired) electrons. The number of pyridine rings is 2. The molecule has 1 aliphatic rings. The summed E-state index contributed by atoms with van der Waals surface area (Å²) in [6, 6.07) is 5.23. The van der Waals surface area contributed by atoms with E-state index in [-0.39, 0.29) is 18.0 Å². The van der Waals surface area contributed by atoms with Gasteiger partial charge in [0, 0.05) is 42.9 Å². The summed E-state index contributed by atoms with van der Waals surface area (Å²) >= 11 is 0. The minimum Gasteiger partial charge on any atom is -0.385 e. The van der Waals surface area contributed by atoms with E-state index >= 15 is 0 Å². The zero-order chi connectivity index (χ0) is 26.0. The molecule has 6 nitrogen and oxygen atoms in total. The molecule has 0 bridgehead atoms. The number of aromatic nitrogens is 2. The average Bonchev–Trinajstić information content (AvgIpc) is 3.22. The monoisotopic (exact) mass is 496 g/mol. The highest BCUT2D eigenvalue weighted by atomic mass is 19.1. The number of hydrogen-bond donors (Lipinski definition) is 1. The van der Waals surface area contributed by atoms with E-state index in [1.54, 1.807) is 25.5 Å². The fourth-order valence-electron chi connectivity index (χ4n) is 5.07. The van der Waals surface area contributed by atoms with Gasteiger partial charge in [-0.05, 0) is 74.8 Å². The molecule has 0 saturated carbocycles. The third-order valence-corrected chi connectivity index (χ3v) is 7.31. The lowest BCUT2D eigenvalue weighted by atomic mass is 9.89. The number of halogens is 1. The summed E-state index contributed by atoms with van der Waals surface area (Å²) in [7, 11) is 1.55. The van der Waals surface area contributed by atoms with Crippen LogP contribution in [0.2, 0.25) is 0 Å². The van der Waals surface area contributed by atoms with Gasteiger partial charge in [-0.1, -0.05) is 13.8 Å². The summed E-state index contributed by atoms with van der Waals surface area (Å²) < 4.78 is 27.3. The molecule has 3 heterocycles. The first-order chi connectivity index (χ1) is 17.2. The van der Waals surface area contributed by atoms with E-state index in [0.29, 0.717) is 53.2 Å². The Hall–Kier alpha value is -2.61. The number of ether oxygens (including phenoxy) is 2. The summed E-state index contributed by atoms with van der Waals surface area (Å²) in [4.78, 5) is 18.5. The molecule has 1 aromatic carbocycles. The molecule has 0 fully saturated rings. The summed E-state index contributed by atoms with van der Waals surface area (Å²) in [5.41, 5.74) is 4.27. The van der Waals surface area contributed by atoms with Gasteiger partial charge in [-0.3, -0.25) is 4.79 Å². The van der Waals surface area contributed by atoms with E-state index in [0.717, 1.165) is 48.8 Å². The first-order valence-electron chi connectivity index (χ1n) is 12.9. The number of rotatable bonds is 11. The van der Waals surface area contributed by atoms with Gasteiger partial charge >= 0.3 is 0 Å². The Labute approximate surface area is 212 Å². The normalized spacial score (nSPS) is 14.2. The van der Waals surface area contributed by atoms with Crippen molar-refractivity contribution in [3.05, 3.63) is 62.2 Å². The number of fused-ring (bicyclic) bond motifs is 4. The van der Waals surface area contributed by atoms with Gasteiger partial charge in [-0.2, -0.15) is 0 Å². The van der Waals surface area contributed by atoms with Crippen LogP contribution in [0.1, 0.15) is 74.3 Å². The van der Waals surface area contributed by atoms with Gasteiger partial charge in [-0.15, -0.1) is 0 Å². The van der Waals surface area contributed by atoms with Crippen LogP contribution < -0.4 is 5.56 Å². The molecule has 3 aromatic rings. The Morgan fingerprint density at radius 2 is 1.94 bits per heavy atom. The van der Waals surface area contributed by atoms with Gasteiger partial charge in [0.05, 0.1) is 35.7 Å². The second-order valence-electron chi connectivity index (χ2n) is 9.98. The van der Waals surface area contributed by atoms with Crippen LogP contribution in [0.3, 0.4) is 0 Å². The molecule has 0 spiro atoms. The SMILES string of the molecule is CCCOCCCCc1c2c(nc3cc(F)c(C)cc13)-c1cc([C@@](C)(O)CC)c(COC)c(=O)n1C2. The van der Waals surface area contributed by atoms with Gasteiger partial charge in [0.15, 0.2) is 0 Å². The first kappa shape index (κ1) is 26.5. The van der Waals surface area contributed by atoms with E-state index in [2.05, 4.69) is 6.92 Å². The van der Waals surface area contributed by atoms with Crippen LogP contribution in [-0.4, -0.2) is 35.0 Å². The molecule has 0 unspecified atom stereocenters. The summed E-state index contributed by atoms with van der Waals surface area (Å²) in [5.74, 6) is -0.297. The van der Waals surface area contributed by atoms with Crippen LogP contribution >= 0.6 is 0 Å². The molecule has 0 aliphatic carbocycles. The molecule has 0 saturated heterocycles. The molecule has 4 rings (SSSR count). The minimum atomic E-state index is -1.19. The fourth-order valence-corrected chi connectivity index (χ4v) is 5.07. The molecule has 0 amide bonds. The van der Waals surface area contributed by atoms with Crippen LogP contribution in [0.25, 0.3) is 22.3 Å². The maximum absolute atomic E-state index is 14.6. The van der Waals surface area contributed by atoms with Crippen molar-refractivity contribution in [1.82, 2.24) is 9.55 Å². The summed E-state index contributed by atoms with van der Waals surface area (Å²) in [5, 5.41) is 12.0. The lowest BCUT2D eigenvalue weighted by molar-refractivity contribution is 0.0495. The standard InChI is InChI=1S/C29H37FN2O4/c1-6-11-36-12-9-8-10-19-20-13-18(3)24(30)15-25(20)31-27-21(19)16-32-26(27)14-23(29(4,34)7-2)22(17-35-5)28(32)33/h13-15,34H,6-12,16-17H2,1-5H3/t29-/m0/s1. The molecular weight excluding hydrogens is 459 g/mol. The fraction of sp³-hybridized carbons (Fsp3) is 0.517. The molecule has 7 heteroatoms. The lowest BCUT2D eigenvalue weighted by Crippen LogP contribution is -2.31. The maximum atomic E-state index is 14.6. The highest BCUT2D eigenvalue weighted by Crippen LogP contribution is 2.39. The molecule has 2 aromatic heterocycles. The quantitative estimate of drug-likeness (QED) is 0.282. The van der Waals surface area contributed by atoms with Crippen molar-refractivity contribution in [1.29, 1.82) is 0 Å². The molecule has 1 N–H and O–H groups in total. The molecule has 36 heavy (non-hydrogen) atoms. The van der Waals surface area contributed by atoms with Gasteiger partial charge in [-0.25, -0.2) is 9.37 Å². The third kappa shape index (κ3) is 4.84. The van der Waals surface area contributed by atoms with E-state index in [1.165, 1.54) is 6.07 Å². The van der Waals surface area contributed by atoms with Gasteiger partial charge < -0.3 is 19.1 Å². The van der Waals surface area contributed by atoms with Crippen LogP contribution in [-0.2, 0) is 34.6 Å². The van der Waals surface area contributed by atoms with E-state index in [4.69, 9.17) is 14.5 Å². The highest BCUT2D eigenvalue weighted by Gasteiger charge is 2.32. The van der Waals surface area contributed by atoms with Crippen molar-refractivity contribution < 1.29 is 19.0 Å². The number of benzene rings is 1. The predicted molar refractivity (Wildman–Crippen MR) is 140 cm³/mol. The minimum absolute atomic E-state index is 0.116. The lowest BCUT2D eigenvalue weighted by Gasteiger charge is -2.25. The third-order valence-electron chi connectivity index (χ3n) is 7.31. The van der Waals surface area contributed by atoms with E-state index < -0.39 is 5.60 Å². The average molecular weight is 497 g/mol. The molecule has 1 atom stereocenters. The Balaban J connectivity index is 1.87. The molecule has 1 aliphatic heterocycles. The Kier molecular flexibility index (Phi) is 7.93. The predicted octanol–water partition coefficient (Wildman–Crippen LogP) is 5.39. The Morgan fingerprint density at radius 1 is 1.17 bits per heavy atom. The van der Waals surface area contributed by atoms with Crippen molar-refractivity contribution in [2.75, 3.05) is 20.3 Å². The maximum Gasteiger partial charge on any atom is 0.257 e. The second-order valence-corrected chi connectivity index (χ2v) is 9.98. The van der Waals surface area contributed by atoms with Crippen LogP contribution in [0, 0.1) is 12.7 Å². The zero-order valence-corrected chi connectivity index (χ0v) is 22.0. The Morgan fingerprint density at radius 3 is 2.64 bits per heavy atom. The first-order valence-corrected chi connectivity index (χ1v) is 12.9. The van der Waals surface area contributed by atoms with Crippen molar-refractivity contribution in [3.63, 3.8) is 0 Å². The van der Waals surface area contributed by atoms with Crippen LogP contribution in [0.15, 0.2) is 23.0 Å². The zero-order valence-electron chi connectivity index (χ0n) is 22.0. The number of unbranched alkanes of at least 4 members (excludes halogenated alkanes) is 1. The van der Waals surface area contributed by atoms with Gasteiger partial charge in [0.2, 0.25) is 0 Å². The van der Waals surface area contributed by atoms with E-state index in [9.17, 15) is 14.3 Å². The Bertz CT molecular complexity index is 1330. The second kappa shape index (κ2) is 10.8. The molecule has 194 valence electrons. The number of methoxy groups -OCH3 is 1. The van der Waals surface area contributed by atoms with Gasteiger partial charge in [0.25, 0.3) is 5.56 Å². The smallest absolute Gasteiger partial charge is 0.257 e. The topological polar surface area (TPSA) is 73.6 Å². The summed E-state index contributed by atoms with van der Waals surface area (Å²) in [6.45, 7) is 9.44. The number of nitrogens with zero attached hydrogens (tertiary/aromatic N) is 2. The number of aryl methyl sites for hydroxylation is 2. The van der Waals surface area contributed by atoms with Crippen molar-refractivity contribution >= 4 is 10.9 Å². The largest absolute Gasteiger partial charge is 0.385 e. The van der Waals surface area contributed by atoms with Crippen molar-refractivity contribution in [2.45, 2.75) is 78.6 Å².